The van der Waals surface area contributed by atoms with E-state index >= 15 is 0 Å². The van der Waals surface area contributed by atoms with E-state index in [1.54, 1.807) is 0 Å². The first kappa shape index (κ1) is 19.6. The third-order valence-corrected chi connectivity index (χ3v) is 6.74. The molecule has 0 aliphatic heterocycles. The third kappa shape index (κ3) is 3.16. The Kier molecular flexibility index (Phi) is 4.62. The number of fused-ring (bicyclic) bond motifs is 3. The van der Waals surface area contributed by atoms with Crippen LogP contribution < -0.4 is 0 Å². The van der Waals surface area contributed by atoms with Gasteiger partial charge in [-0.1, -0.05) is 91.0 Å². The molecule has 0 amide bonds. The van der Waals surface area contributed by atoms with E-state index in [0.717, 1.165) is 34.5 Å². The zero-order valence-electron chi connectivity index (χ0n) is 18.7. The standard InChI is InChI=1S/C30H23N3/c1-19-17-25-24-16-10-9-15-23(24)18-26(25)27(20(19)2)28-29(21-11-5-3-6-12-21)31-33-32-30(28)22-13-7-4-8-14-22/h3-17H,18H2,1-2H3. The van der Waals surface area contributed by atoms with Crippen LogP contribution in [0.15, 0.2) is 91.0 Å². The van der Waals surface area contributed by atoms with E-state index in [0.29, 0.717) is 0 Å². The van der Waals surface area contributed by atoms with Crippen LogP contribution in [0, 0.1) is 13.8 Å². The molecular weight excluding hydrogens is 402 g/mol. The molecule has 0 unspecified atom stereocenters. The van der Waals surface area contributed by atoms with Crippen LogP contribution in [-0.4, -0.2) is 15.4 Å². The fourth-order valence-corrected chi connectivity index (χ4v) is 5.02. The summed E-state index contributed by atoms with van der Waals surface area (Å²) in [5, 5.41) is 13.4. The molecule has 0 spiro atoms. The van der Waals surface area contributed by atoms with Gasteiger partial charge in [0, 0.05) is 16.7 Å². The monoisotopic (exact) mass is 425 g/mol. The second-order valence-corrected chi connectivity index (χ2v) is 8.65. The first-order chi connectivity index (χ1) is 16.2. The van der Waals surface area contributed by atoms with E-state index in [2.05, 4.69) is 83.9 Å². The van der Waals surface area contributed by atoms with Gasteiger partial charge < -0.3 is 0 Å². The summed E-state index contributed by atoms with van der Waals surface area (Å²) in [6, 6.07) is 31.7. The molecule has 1 aliphatic carbocycles. The lowest BCUT2D eigenvalue weighted by Gasteiger charge is -2.20. The van der Waals surface area contributed by atoms with Gasteiger partial charge in [0.05, 0.1) is 0 Å². The number of hydrogen-bond acceptors (Lipinski definition) is 3. The van der Waals surface area contributed by atoms with Crippen molar-refractivity contribution in [3.05, 3.63) is 113 Å². The molecule has 0 N–H and O–H groups in total. The van der Waals surface area contributed by atoms with E-state index in [9.17, 15) is 0 Å². The number of aromatic nitrogens is 3. The summed E-state index contributed by atoms with van der Waals surface area (Å²) in [5.41, 5.74) is 14.0. The molecule has 6 rings (SSSR count). The zero-order valence-corrected chi connectivity index (χ0v) is 18.7. The van der Waals surface area contributed by atoms with Crippen LogP contribution >= 0.6 is 0 Å². The molecule has 0 fully saturated rings. The van der Waals surface area contributed by atoms with Gasteiger partial charge in [-0.2, -0.15) is 0 Å². The average molecular weight is 426 g/mol. The van der Waals surface area contributed by atoms with Crippen molar-refractivity contribution in [3.8, 4) is 44.8 Å². The number of rotatable bonds is 3. The normalized spacial score (nSPS) is 11.8. The highest BCUT2D eigenvalue weighted by molar-refractivity contribution is 5.97. The molecule has 158 valence electrons. The first-order valence-electron chi connectivity index (χ1n) is 11.3. The van der Waals surface area contributed by atoms with E-state index in [4.69, 9.17) is 0 Å². The van der Waals surface area contributed by atoms with Gasteiger partial charge in [0.15, 0.2) is 0 Å². The van der Waals surface area contributed by atoms with Crippen molar-refractivity contribution < 1.29 is 0 Å². The lowest BCUT2D eigenvalue weighted by atomic mass is 9.85. The van der Waals surface area contributed by atoms with Crippen LogP contribution in [0.2, 0.25) is 0 Å². The van der Waals surface area contributed by atoms with Crippen molar-refractivity contribution in [1.29, 1.82) is 0 Å². The highest BCUT2D eigenvalue weighted by Crippen LogP contribution is 2.48. The molecule has 4 aromatic carbocycles. The van der Waals surface area contributed by atoms with Crippen molar-refractivity contribution in [2.24, 2.45) is 0 Å². The minimum Gasteiger partial charge on any atom is -0.129 e. The topological polar surface area (TPSA) is 38.7 Å². The summed E-state index contributed by atoms with van der Waals surface area (Å²) >= 11 is 0. The number of benzene rings is 4. The summed E-state index contributed by atoms with van der Waals surface area (Å²) in [5.74, 6) is 0. The summed E-state index contributed by atoms with van der Waals surface area (Å²) < 4.78 is 0. The molecule has 0 radical (unpaired) electrons. The van der Waals surface area contributed by atoms with Crippen molar-refractivity contribution in [2.45, 2.75) is 20.3 Å². The second kappa shape index (κ2) is 7.79. The average Bonchev–Trinajstić information content (AvgIpc) is 3.23. The molecule has 5 aromatic rings. The molecule has 3 nitrogen and oxygen atoms in total. The Hall–Kier alpha value is -4.11. The molecule has 1 aliphatic rings. The van der Waals surface area contributed by atoms with Gasteiger partial charge in [-0.05, 0) is 64.4 Å². The molecule has 3 heteroatoms. The minimum atomic E-state index is 0.872. The van der Waals surface area contributed by atoms with Crippen molar-refractivity contribution in [2.75, 3.05) is 0 Å². The van der Waals surface area contributed by atoms with Crippen LogP contribution in [-0.2, 0) is 6.42 Å². The zero-order chi connectivity index (χ0) is 22.4. The second-order valence-electron chi connectivity index (χ2n) is 8.65. The predicted octanol–water partition coefficient (Wildman–Crippen LogP) is 7.06. The number of nitrogens with zero attached hydrogens (tertiary/aromatic N) is 3. The predicted molar refractivity (Wildman–Crippen MR) is 134 cm³/mol. The Balaban J connectivity index is 1.73. The first-order valence-corrected chi connectivity index (χ1v) is 11.3. The smallest absolute Gasteiger partial charge is 0.105 e. The van der Waals surface area contributed by atoms with Crippen LogP contribution in [0.1, 0.15) is 22.3 Å². The molecule has 0 bridgehead atoms. The fourth-order valence-electron chi connectivity index (χ4n) is 5.02. The molecule has 1 aromatic heterocycles. The molecular formula is C30H23N3. The van der Waals surface area contributed by atoms with Gasteiger partial charge in [0.2, 0.25) is 0 Å². The Bertz CT molecular complexity index is 1430. The Morgan fingerprint density at radius 1 is 0.606 bits per heavy atom. The number of aryl methyl sites for hydroxylation is 1. The lowest BCUT2D eigenvalue weighted by Crippen LogP contribution is -2.04. The summed E-state index contributed by atoms with van der Waals surface area (Å²) in [4.78, 5) is 0. The third-order valence-electron chi connectivity index (χ3n) is 6.74. The molecule has 1 heterocycles. The van der Waals surface area contributed by atoms with Crippen LogP contribution in [0.5, 0.6) is 0 Å². The van der Waals surface area contributed by atoms with Crippen LogP contribution in [0.25, 0.3) is 44.8 Å². The molecule has 0 saturated carbocycles. The quantitative estimate of drug-likeness (QED) is 0.305. The lowest BCUT2D eigenvalue weighted by molar-refractivity contribution is 0.878. The van der Waals surface area contributed by atoms with Crippen LogP contribution in [0.3, 0.4) is 0 Å². The maximum atomic E-state index is 4.60. The highest BCUT2D eigenvalue weighted by Gasteiger charge is 2.28. The fraction of sp³-hybridized carbons (Fsp3) is 0.100. The summed E-state index contributed by atoms with van der Waals surface area (Å²) in [7, 11) is 0. The van der Waals surface area contributed by atoms with Gasteiger partial charge in [0.25, 0.3) is 0 Å². The van der Waals surface area contributed by atoms with Crippen molar-refractivity contribution >= 4 is 0 Å². The van der Waals surface area contributed by atoms with Crippen molar-refractivity contribution in [1.82, 2.24) is 15.4 Å². The molecule has 33 heavy (non-hydrogen) atoms. The molecule has 0 atom stereocenters. The summed E-state index contributed by atoms with van der Waals surface area (Å²) in [6.07, 6.45) is 0.909. The Labute approximate surface area is 193 Å². The van der Waals surface area contributed by atoms with E-state index < -0.39 is 0 Å². The SMILES string of the molecule is Cc1cc2c(c(-c3c(-c4ccccc4)nnnc3-c3ccccc3)c1C)Cc1ccccc1-2. The summed E-state index contributed by atoms with van der Waals surface area (Å²) in [6.45, 7) is 4.42. The van der Waals surface area contributed by atoms with Gasteiger partial charge in [-0.15, -0.1) is 10.2 Å². The maximum absolute atomic E-state index is 4.60. The maximum Gasteiger partial charge on any atom is 0.105 e. The van der Waals surface area contributed by atoms with Gasteiger partial charge in [0.1, 0.15) is 11.4 Å². The van der Waals surface area contributed by atoms with Crippen LogP contribution in [0.4, 0.5) is 0 Å². The van der Waals surface area contributed by atoms with Gasteiger partial charge in [-0.25, -0.2) is 0 Å². The Morgan fingerprint density at radius 2 is 1.18 bits per heavy atom. The largest absolute Gasteiger partial charge is 0.129 e. The number of hydrogen-bond donors (Lipinski definition) is 0. The van der Waals surface area contributed by atoms with E-state index in [-0.39, 0.29) is 0 Å². The Morgan fingerprint density at radius 3 is 1.82 bits per heavy atom. The van der Waals surface area contributed by atoms with E-state index in [1.165, 1.54) is 38.9 Å². The van der Waals surface area contributed by atoms with Crippen molar-refractivity contribution in [3.63, 3.8) is 0 Å². The minimum absolute atomic E-state index is 0.872. The molecule has 0 saturated heterocycles. The van der Waals surface area contributed by atoms with E-state index in [1.807, 2.05) is 36.4 Å². The highest BCUT2D eigenvalue weighted by atomic mass is 15.3. The van der Waals surface area contributed by atoms with Gasteiger partial charge >= 0.3 is 0 Å². The van der Waals surface area contributed by atoms with Gasteiger partial charge in [-0.3, -0.25) is 0 Å².